The summed E-state index contributed by atoms with van der Waals surface area (Å²) in [6.45, 7) is 0.153. The highest BCUT2D eigenvalue weighted by atomic mass is 19.4. The summed E-state index contributed by atoms with van der Waals surface area (Å²) in [6, 6.07) is 4.19. The van der Waals surface area contributed by atoms with Gasteiger partial charge in [-0.2, -0.15) is 13.2 Å². The Morgan fingerprint density at radius 1 is 1.33 bits per heavy atom. The Morgan fingerprint density at radius 3 is 2.54 bits per heavy atom. The number of anilines is 1. The summed E-state index contributed by atoms with van der Waals surface area (Å²) in [7, 11) is 0. The molecule has 1 aliphatic rings. The highest BCUT2D eigenvalue weighted by molar-refractivity contribution is 5.94. The molecule has 2 rings (SSSR count). The maximum absolute atomic E-state index is 12.1. The molecule has 0 saturated carbocycles. The van der Waals surface area contributed by atoms with Crippen LogP contribution in [0.4, 0.5) is 18.9 Å². The van der Waals surface area contributed by atoms with Crippen molar-refractivity contribution in [2.45, 2.75) is 38.1 Å². The molecule has 24 heavy (non-hydrogen) atoms. The van der Waals surface area contributed by atoms with Gasteiger partial charge in [-0.1, -0.05) is 0 Å². The summed E-state index contributed by atoms with van der Waals surface area (Å²) in [5, 5.41) is 11.4. The maximum atomic E-state index is 12.1. The van der Waals surface area contributed by atoms with Gasteiger partial charge in [0, 0.05) is 5.69 Å². The Labute approximate surface area is 135 Å². The number of hydrogen-bond acceptors (Lipinski definition) is 4. The van der Waals surface area contributed by atoms with Crippen molar-refractivity contribution in [1.82, 2.24) is 0 Å². The van der Waals surface area contributed by atoms with E-state index in [0.29, 0.717) is 11.3 Å². The highest BCUT2D eigenvalue weighted by Gasteiger charge is 2.34. The third-order valence-electron chi connectivity index (χ3n) is 3.42. The number of carbonyl (C=O) groups excluding carboxylic acids is 1. The van der Waals surface area contributed by atoms with E-state index < -0.39 is 36.9 Å². The molecule has 0 spiro atoms. The lowest BCUT2D eigenvalue weighted by atomic mass is 10.1. The Bertz CT molecular complexity index is 632. The number of rotatable bonds is 5. The standard InChI is InChI=1S/C15H16F3NO5/c1-8-6-9(2-3-10(8)23-7-15(16,17)18)19-13(20)11-4-5-12(24-11)14(21)22/h2-3,6,11-12H,4-5,7H2,1H3,(H,19,20)(H,21,22)/t11-,12+/m0/s1. The number of ether oxygens (including phenoxy) is 2. The molecule has 1 saturated heterocycles. The molecule has 0 radical (unpaired) electrons. The van der Waals surface area contributed by atoms with Gasteiger partial charge in [0.1, 0.15) is 11.9 Å². The predicted octanol–water partition coefficient (Wildman–Crippen LogP) is 2.51. The minimum Gasteiger partial charge on any atom is -0.484 e. The topological polar surface area (TPSA) is 84.9 Å². The maximum Gasteiger partial charge on any atom is 0.422 e. The Hall–Kier alpha value is -2.29. The van der Waals surface area contributed by atoms with Crippen LogP contribution in [0.3, 0.4) is 0 Å². The zero-order valence-electron chi connectivity index (χ0n) is 12.7. The summed E-state index contributed by atoms with van der Waals surface area (Å²) in [4.78, 5) is 22.8. The number of amides is 1. The largest absolute Gasteiger partial charge is 0.484 e. The molecular formula is C15H16F3NO5. The third kappa shape index (κ3) is 4.85. The molecule has 1 aliphatic heterocycles. The first-order valence-corrected chi connectivity index (χ1v) is 7.15. The number of aryl methyl sites for hydroxylation is 1. The zero-order valence-corrected chi connectivity index (χ0v) is 12.7. The minimum atomic E-state index is -4.43. The van der Waals surface area contributed by atoms with Crippen molar-refractivity contribution in [3.63, 3.8) is 0 Å². The molecule has 2 atom stereocenters. The van der Waals surface area contributed by atoms with Crippen molar-refractivity contribution < 1.29 is 37.3 Å². The second-order valence-electron chi connectivity index (χ2n) is 5.40. The lowest BCUT2D eigenvalue weighted by Gasteiger charge is -2.14. The molecule has 1 fully saturated rings. The average molecular weight is 347 g/mol. The quantitative estimate of drug-likeness (QED) is 0.855. The van der Waals surface area contributed by atoms with Gasteiger partial charge in [-0.25, -0.2) is 4.79 Å². The van der Waals surface area contributed by atoms with E-state index in [0.717, 1.165) is 0 Å². The van der Waals surface area contributed by atoms with Crippen LogP contribution < -0.4 is 10.1 Å². The van der Waals surface area contributed by atoms with Crippen molar-refractivity contribution in [3.05, 3.63) is 23.8 Å². The van der Waals surface area contributed by atoms with Crippen molar-refractivity contribution in [2.24, 2.45) is 0 Å². The van der Waals surface area contributed by atoms with Gasteiger partial charge in [0.25, 0.3) is 5.91 Å². The number of carboxylic acids is 1. The zero-order chi connectivity index (χ0) is 17.9. The predicted molar refractivity (Wildman–Crippen MR) is 76.9 cm³/mol. The molecule has 0 aromatic heterocycles. The van der Waals surface area contributed by atoms with Gasteiger partial charge in [-0.05, 0) is 43.5 Å². The van der Waals surface area contributed by atoms with Crippen LogP contribution in [0.5, 0.6) is 5.75 Å². The molecule has 1 amide bonds. The minimum absolute atomic E-state index is 0.0633. The Balaban J connectivity index is 1.95. The van der Waals surface area contributed by atoms with Gasteiger partial charge < -0.3 is 19.9 Å². The summed E-state index contributed by atoms with van der Waals surface area (Å²) in [5.74, 6) is -1.55. The summed E-state index contributed by atoms with van der Waals surface area (Å²) in [5.41, 5.74) is 0.784. The van der Waals surface area contributed by atoms with Crippen LogP contribution in [0.15, 0.2) is 18.2 Å². The van der Waals surface area contributed by atoms with E-state index in [2.05, 4.69) is 10.1 Å². The summed E-state index contributed by atoms with van der Waals surface area (Å²) in [6.07, 6.45) is -5.77. The molecule has 2 N–H and O–H groups in total. The third-order valence-corrected chi connectivity index (χ3v) is 3.42. The number of benzene rings is 1. The molecule has 0 unspecified atom stereocenters. The molecule has 1 heterocycles. The number of alkyl halides is 3. The normalized spacial score (nSPS) is 20.7. The van der Waals surface area contributed by atoms with Crippen LogP contribution in [0.1, 0.15) is 18.4 Å². The molecular weight excluding hydrogens is 331 g/mol. The SMILES string of the molecule is Cc1cc(NC(=O)[C@@H]2CC[C@H](C(=O)O)O2)ccc1OCC(F)(F)F. The molecule has 0 aliphatic carbocycles. The van der Waals surface area contributed by atoms with E-state index in [9.17, 15) is 22.8 Å². The van der Waals surface area contributed by atoms with Crippen LogP contribution in [-0.2, 0) is 14.3 Å². The van der Waals surface area contributed by atoms with E-state index in [4.69, 9.17) is 9.84 Å². The van der Waals surface area contributed by atoms with Gasteiger partial charge in [0.05, 0.1) is 0 Å². The van der Waals surface area contributed by atoms with Crippen molar-refractivity contribution in [3.8, 4) is 5.75 Å². The van der Waals surface area contributed by atoms with Crippen LogP contribution >= 0.6 is 0 Å². The Morgan fingerprint density at radius 2 is 2.00 bits per heavy atom. The number of aliphatic carboxylic acids is 1. The molecule has 132 valence electrons. The van der Waals surface area contributed by atoms with E-state index in [-0.39, 0.29) is 18.6 Å². The Kier molecular flexibility index (Phi) is 5.33. The van der Waals surface area contributed by atoms with Gasteiger partial charge in [0.15, 0.2) is 12.7 Å². The molecule has 1 aromatic carbocycles. The molecule has 9 heteroatoms. The van der Waals surface area contributed by atoms with Gasteiger partial charge in [0.2, 0.25) is 0 Å². The van der Waals surface area contributed by atoms with Gasteiger partial charge in [-0.3, -0.25) is 4.79 Å². The van der Waals surface area contributed by atoms with Crippen molar-refractivity contribution >= 4 is 17.6 Å². The smallest absolute Gasteiger partial charge is 0.422 e. The lowest BCUT2D eigenvalue weighted by Crippen LogP contribution is -2.29. The second-order valence-corrected chi connectivity index (χ2v) is 5.40. The molecule has 6 nitrogen and oxygen atoms in total. The van der Waals surface area contributed by atoms with Crippen molar-refractivity contribution in [2.75, 3.05) is 11.9 Å². The van der Waals surface area contributed by atoms with Gasteiger partial charge >= 0.3 is 12.1 Å². The van der Waals surface area contributed by atoms with Gasteiger partial charge in [-0.15, -0.1) is 0 Å². The number of carbonyl (C=O) groups is 2. The van der Waals surface area contributed by atoms with Crippen LogP contribution in [0, 0.1) is 6.92 Å². The monoisotopic (exact) mass is 347 g/mol. The average Bonchev–Trinajstić information content (AvgIpc) is 2.95. The second kappa shape index (κ2) is 7.08. The molecule has 1 aromatic rings. The van der Waals surface area contributed by atoms with Crippen LogP contribution in [0.2, 0.25) is 0 Å². The molecule has 0 bridgehead atoms. The fourth-order valence-corrected chi connectivity index (χ4v) is 2.28. The van der Waals surface area contributed by atoms with E-state index in [1.165, 1.54) is 18.2 Å². The lowest BCUT2D eigenvalue weighted by molar-refractivity contribution is -0.153. The fraction of sp³-hybridized carbons (Fsp3) is 0.467. The number of carboxylic acid groups (broad SMARTS) is 1. The first kappa shape index (κ1) is 18.1. The summed E-state index contributed by atoms with van der Waals surface area (Å²) >= 11 is 0. The van der Waals surface area contributed by atoms with Crippen LogP contribution in [-0.4, -0.2) is 42.0 Å². The first-order valence-electron chi connectivity index (χ1n) is 7.15. The van der Waals surface area contributed by atoms with Crippen molar-refractivity contribution in [1.29, 1.82) is 0 Å². The summed E-state index contributed by atoms with van der Waals surface area (Å²) < 4.78 is 46.2. The van der Waals surface area contributed by atoms with Crippen LogP contribution in [0.25, 0.3) is 0 Å². The van der Waals surface area contributed by atoms with E-state index in [1.807, 2.05) is 0 Å². The first-order chi connectivity index (χ1) is 11.2. The van der Waals surface area contributed by atoms with E-state index in [1.54, 1.807) is 6.92 Å². The highest BCUT2D eigenvalue weighted by Crippen LogP contribution is 2.26. The fourth-order valence-electron chi connectivity index (χ4n) is 2.28. The number of halogens is 3. The number of hydrogen-bond donors (Lipinski definition) is 2. The number of nitrogens with one attached hydrogen (secondary N) is 1. The van der Waals surface area contributed by atoms with E-state index >= 15 is 0 Å².